The van der Waals surface area contributed by atoms with Crippen molar-refractivity contribution < 1.29 is 8.42 Å². The van der Waals surface area contributed by atoms with Crippen LogP contribution in [0, 0.1) is 16.7 Å². The van der Waals surface area contributed by atoms with E-state index in [-0.39, 0.29) is 12.3 Å². The first kappa shape index (κ1) is 18.5. The first-order chi connectivity index (χ1) is 10.8. The Morgan fingerprint density at radius 3 is 2.65 bits per heavy atom. The monoisotopic (exact) mass is 375 g/mol. The summed E-state index contributed by atoms with van der Waals surface area (Å²) >= 11 is 11.9. The predicted molar refractivity (Wildman–Crippen MR) is 91.9 cm³/mol. The van der Waals surface area contributed by atoms with E-state index in [9.17, 15) is 13.7 Å². The summed E-state index contributed by atoms with van der Waals surface area (Å²) in [5.41, 5.74) is -0.0791. The van der Waals surface area contributed by atoms with Gasteiger partial charge in [0.1, 0.15) is 0 Å². The third-order valence-corrected chi connectivity index (χ3v) is 6.86. The highest BCUT2D eigenvalue weighted by Crippen LogP contribution is 2.29. The van der Waals surface area contributed by atoms with Crippen molar-refractivity contribution in [3.8, 4) is 6.07 Å². The molecule has 0 bridgehead atoms. The van der Waals surface area contributed by atoms with Crippen molar-refractivity contribution in [1.29, 1.82) is 5.26 Å². The first-order valence-corrected chi connectivity index (χ1v) is 9.72. The molecule has 8 heteroatoms. The Morgan fingerprint density at radius 1 is 1.39 bits per heavy atom. The van der Waals surface area contributed by atoms with Gasteiger partial charge in [-0.25, -0.2) is 8.42 Å². The molecular weight excluding hydrogens is 357 g/mol. The number of hydrogen-bond acceptors (Lipinski definition) is 4. The van der Waals surface area contributed by atoms with Crippen LogP contribution in [0.2, 0.25) is 10.0 Å². The molecule has 126 valence electrons. The Labute approximate surface area is 147 Å². The summed E-state index contributed by atoms with van der Waals surface area (Å²) in [6.45, 7) is 3.40. The van der Waals surface area contributed by atoms with Crippen LogP contribution in [0.25, 0.3) is 0 Å². The average Bonchev–Trinajstić information content (AvgIpc) is 2.96. The largest absolute Gasteiger partial charge is 0.315 e. The van der Waals surface area contributed by atoms with Gasteiger partial charge in [-0.05, 0) is 30.7 Å². The Hall–Kier alpha value is -0.840. The van der Waals surface area contributed by atoms with E-state index in [4.69, 9.17) is 23.2 Å². The second-order valence-corrected chi connectivity index (χ2v) is 8.53. The minimum atomic E-state index is -3.55. The average molecular weight is 376 g/mol. The lowest BCUT2D eigenvalue weighted by Gasteiger charge is -2.26. The summed E-state index contributed by atoms with van der Waals surface area (Å²) < 4.78 is 26.8. The van der Waals surface area contributed by atoms with E-state index in [1.807, 2.05) is 0 Å². The fourth-order valence-electron chi connectivity index (χ4n) is 2.68. The zero-order valence-corrected chi connectivity index (χ0v) is 15.2. The molecule has 1 saturated heterocycles. The van der Waals surface area contributed by atoms with Crippen LogP contribution in [-0.4, -0.2) is 38.1 Å². The van der Waals surface area contributed by atoms with E-state index in [0.29, 0.717) is 36.1 Å². The summed E-state index contributed by atoms with van der Waals surface area (Å²) in [6, 6.07) is 7.26. The Kier molecular flexibility index (Phi) is 5.93. The minimum absolute atomic E-state index is 0.168. The van der Waals surface area contributed by atoms with Crippen LogP contribution in [0.5, 0.6) is 0 Å². The number of rotatable bonds is 6. The SMILES string of the molecule is CCN(Cc1ccc(Cl)c(Cl)c1)S(=O)(=O)CC1(C#N)CCNC1. The molecule has 0 aromatic heterocycles. The van der Waals surface area contributed by atoms with Crippen molar-refractivity contribution in [3.63, 3.8) is 0 Å². The molecule has 23 heavy (non-hydrogen) atoms. The highest BCUT2D eigenvalue weighted by molar-refractivity contribution is 7.89. The maximum Gasteiger partial charge on any atom is 0.216 e. The maximum atomic E-state index is 12.7. The molecule has 1 aromatic rings. The highest BCUT2D eigenvalue weighted by Gasteiger charge is 2.40. The molecule has 0 amide bonds. The van der Waals surface area contributed by atoms with Crippen LogP contribution in [0.3, 0.4) is 0 Å². The van der Waals surface area contributed by atoms with E-state index < -0.39 is 15.4 Å². The van der Waals surface area contributed by atoms with Crippen molar-refractivity contribution in [2.45, 2.75) is 19.9 Å². The quantitative estimate of drug-likeness (QED) is 0.829. The van der Waals surface area contributed by atoms with Crippen LogP contribution in [0.4, 0.5) is 0 Å². The van der Waals surface area contributed by atoms with Gasteiger partial charge in [-0.2, -0.15) is 9.57 Å². The lowest BCUT2D eigenvalue weighted by molar-refractivity contribution is 0.402. The van der Waals surface area contributed by atoms with Gasteiger partial charge in [0.15, 0.2) is 0 Å². The maximum absolute atomic E-state index is 12.7. The van der Waals surface area contributed by atoms with Crippen molar-refractivity contribution in [2.24, 2.45) is 5.41 Å². The first-order valence-electron chi connectivity index (χ1n) is 7.36. The number of sulfonamides is 1. The van der Waals surface area contributed by atoms with Crippen LogP contribution in [-0.2, 0) is 16.6 Å². The van der Waals surface area contributed by atoms with Crippen molar-refractivity contribution in [3.05, 3.63) is 33.8 Å². The third-order valence-electron chi connectivity index (χ3n) is 4.03. The molecule has 0 saturated carbocycles. The van der Waals surface area contributed by atoms with Gasteiger partial charge < -0.3 is 5.32 Å². The molecule has 5 nitrogen and oxygen atoms in total. The molecule has 1 aliphatic rings. The molecule has 1 aromatic carbocycles. The number of nitrogens with zero attached hydrogens (tertiary/aromatic N) is 2. The standard InChI is InChI=1S/C15H19Cl2N3O2S/c1-2-20(8-12-3-4-13(16)14(17)7-12)23(21,22)11-15(9-18)5-6-19-10-15/h3-4,7,19H,2,5-6,8,10-11H2,1H3. The van der Waals surface area contributed by atoms with Gasteiger partial charge in [0.05, 0.1) is 27.3 Å². The number of benzene rings is 1. The van der Waals surface area contributed by atoms with Gasteiger partial charge >= 0.3 is 0 Å². The number of hydrogen-bond donors (Lipinski definition) is 1. The molecule has 0 radical (unpaired) electrons. The zero-order chi connectivity index (χ0) is 17.1. The van der Waals surface area contributed by atoms with Crippen molar-refractivity contribution >= 4 is 33.2 Å². The van der Waals surface area contributed by atoms with Crippen LogP contribution >= 0.6 is 23.2 Å². The molecule has 1 atom stereocenters. The second-order valence-electron chi connectivity index (χ2n) is 5.75. The topological polar surface area (TPSA) is 73.2 Å². The van der Waals surface area contributed by atoms with Crippen LogP contribution < -0.4 is 5.32 Å². The van der Waals surface area contributed by atoms with Gasteiger partial charge in [0.2, 0.25) is 10.0 Å². The van der Waals surface area contributed by atoms with Crippen molar-refractivity contribution in [1.82, 2.24) is 9.62 Å². The molecule has 1 N–H and O–H groups in total. The van der Waals surface area contributed by atoms with Crippen LogP contribution in [0.1, 0.15) is 18.9 Å². The summed E-state index contributed by atoms with van der Waals surface area (Å²) in [6.07, 6.45) is 0.549. The summed E-state index contributed by atoms with van der Waals surface area (Å²) in [4.78, 5) is 0. The van der Waals surface area contributed by atoms with E-state index in [2.05, 4.69) is 11.4 Å². The van der Waals surface area contributed by atoms with Gasteiger partial charge in [0, 0.05) is 19.6 Å². The molecule has 2 rings (SSSR count). The lowest BCUT2D eigenvalue weighted by atomic mass is 9.92. The fraction of sp³-hybridized carbons (Fsp3) is 0.533. The molecule has 0 aliphatic carbocycles. The number of nitrogens with one attached hydrogen (secondary N) is 1. The lowest BCUT2D eigenvalue weighted by Crippen LogP contribution is -2.40. The minimum Gasteiger partial charge on any atom is -0.315 e. The molecule has 1 heterocycles. The van der Waals surface area contributed by atoms with Gasteiger partial charge in [-0.1, -0.05) is 36.2 Å². The second kappa shape index (κ2) is 7.37. The van der Waals surface area contributed by atoms with Crippen molar-refractivity contribution in [2.75, 3.05) is 25.4 Å². The molecule has 1 aliphatic heterocycles. The Bertz CT molecular complexity index is 710. The number of nitriles is 1. The van der Waals surface area contributed by atoms with E-state index >= 15 is 0 Å². The highest BCUT2D eigenvalue weighted by atomic mass is 35.5. The summed E-state index contributed by atoms with van der Waals surface area (Å²) in [7, 11) is -3.55. The normalized spacial score (nSPS) is 21.5. The fourth-order valence-corrected chi connectivity index (χ4v) is 4.94. The molecule has 1 unspecified atom stereocenters. The van der Waals surface area contributed by atoms with E-state index in [0.717, 1.165) is 5.56 Å². The van der Waals surface area contributed by atoms with Gasteiger partial charge in [0.25, 0.3) is 0 Å². The Balaban J connectivity index is 2.18. The van der Waals surface area contributed by atoms with Gasteiger partial charge in [-0.15, -0.1) is 0 Å². The third kappa shape index (κ3) is 4.37. The smallest absolute Gasteiger partial charge is 0.216 e. The number of halogens is 2. The van der Waals surface area contributed by atoms with E-state index in [1.54, 1.807) is 25.1 Å². The van der Waals surface area contributed by atoms with E-state index in [1.165, 1.54) is 4.31 Å². The molecule has 0 spiro atoms. The molecule has 1 fully saturated rings. The predicted octanol–water partition coefficient (Wildman–Crippen LogP) is 2.65. The Morgan fingerprint density at radius 2 is 2.13 bits per heavy atom. The van der Waals surface area contributed by atoms with Crippen LogP contribution in [0.15, 0.2) is 18.2 Å². The summed E-state index contributed by atoms with van der Waals surface area (Å²) in [5, 5.41) is 13.3. The molecular formula is C15H19Cl2N3O2S. The summed E-state index contributed by atoms with van der Waals surface area (Å²) in [5.74, 6) is -0.168. The van der Waals surface area contributed by atoms with Gasteiger partial charge in [-0.3, -0.25) is 0 Å². The zero-order valence-electron chi connectivity index (χ0n) is 12.8.